The molecule has 0 amide bonds. The maximum Gasteiger partial charge on any atom is 0.122 e. The van der Waals surface area contributed by atoms with Crippen LogP contribution in [0.2, 0.25) is 0 Å². The molecule has 31 heavy (non-hydrogen) atoms. The highest BCUT2D eigenvalue weighted by Crippen LogP contribution is 2.28. The predicted molar refractivity (Wildman–Crippen MR) is 129 cm³/mol. The molecule has 0 aliphatic heterocycles. The minimum atomic E-state index is 0.207. The molecule has 0 aliphatic carbocycles. The first-order valence-corrected chi connectivity index (χ1v) is 11.3. The highest BCUT2D eigenvalue weighted by molar-refractivity contribution is 5.76. The Morgan fingerprint density at radius 1 is 0.871 bits per heavy atom. The van der Waals surface area contributed by atoms with Gasteiger partial charge in [-0.25, -0.2) is 4.98 Å². The van der Waals surface area contributed by atoms with Crippen LogP contribution in [0.25, 0.3) is 11.0 Å². The Hall–Kier alpha value is -3.07. The summed E-state index contributed by atoms with van der Waals surface area (Å²) in [6.45, 7) is 10.2. The van der Waals surface area contributed by atoms with Gasteiger partial charge in [-0.2, -0.15) is 0 Å². The number of aryl methyl sites for hydroxylation is 1. The van der Waals surface area contributed by atoms with E-state index in [-0.39, 0.29) is 5.92 Å². The second-order valence-corrected chi connectivity index (χ2v) is 8.79. The summed E-state index contributed by atoms with van der Waals surface area (Å²) >= 11 is 0. The summed E-state index contributed by atoms with van der Waals surface area (Å²) in [6.07, 6.45) is 1.11. The van der Waals surface area contributed by atoms with Gasteiger partial charge in [0, 0.05) is 5.92 Å². The molecular formula is C28H32N2O. The van der Waals surface area contributed by atoms with Crippen molar-refractivity contribution in [1.29, 1.82) is 0 Å². The van der Waals surface area contributed by atoms with Gasteiger partial charge in [0.25, 0.3) is 0 Å². The maximum atomic E-state index is 6.10. The van der Waals surface area contributed by atoms with Crippen LogP contribution in [0.15, 0.2) is 72.8 Å². The van der Waals surface area contributed by atoms with Gasteiger partial charge in [-0.3, -0.25) is 0 Å². The molecule has 0 N–H and O–H groups in total. The second kappa shape index (κ2) is 9.38. The summed E-state index contributed by atoms with van der Waals surface area (Å²) in [6, 6.07) is 25.6. The Balaban J connectivity index is 1.59. The molecule has 0 saturated carbocycles. The number of hydrogen-bond acceptors (Lipinski definition) is 2. The van der Waals surface area contributed by atoms with Crippen LogP contribution in [-0.4, -0.2) is 16.2 Å². The number of nitrogens with zero attached hydrogens (tertiary/aromatic N) is 2. The number of hydrogen-bond donors (Lipinski definition) is 0. The van der Waals surface area contributed by atoms with E-state index in [0.29, 0.717) is 12.5 Å². The van der Waals surface area contributed by atoms with Gasteiger partial charge in [-0.15, -0.1) is 0 Å². The van der Waals surface area contributed by atoms with Crippen molar-refractivity contribution in [1.82, 2.24) is 9.55 Å². The number of rotatable bonds is 8. The lowest BCUT2D eigenvalue weighted by molar-refractivity contribution is 0.296. The topological polar surface area (TPSA) is 27.1 Å². The molecule has 1 aromatic heterocycles. The van der Waals surface area contributed by atoms with Gasteiger partial charge in [0.1, 0.15) is 18.2 Å². The molecule has 0 bridgehead atoms. The van der Waals surface area contributed by atoms with E-state index < -0.39 is 0 Å². The van der Waals surface area contributed by atoms with Gasteiger partial charge in [0.05, 0.1) is 17.6 Å². The zero-order valence-electron chi connectivity index (χ0n) is 19.0. The fraction of sp³-hybridized carbons (Fsp3) is 0.321. The molecule has 0 fully saturated rings. The van der Waals surface area contributed by atoms with E-state index in [1.807, 2.05) is 18.2 Å². The van der Waals surface area contributed by atoms with Crippen molar-refractivity contribution < 1.29 is 4.74 Å². The van der Waals surface area contributed by atoms with Crippen LogP contribution in [0.3, 0.4) is 0 Å². The van der Waals surface area contributed by atoms with E-state index in [2.05, 4.69) is 86.9 Å². The van der Waals surface area contributed by atoms with Gasteiger partial charge in [0.15, 0.2) is 0 Å². The van der Waals surface area contributed by atoms with Crippen molar-refractivity contribution in [2.45, 2.75) is 46.6 Å². The van der Waals surface area contributed by atoms with Crippen molar-refractivity contribution >= 4 is 11.0 Å². The number of para-hydroxylation sites is 3. The zero-order chi connectivity index (χ0) is 21.8. The first-order chi connectivity index (χ1) is 15.0. The Morgan fingerprint density at radius 3 is 2.32 bits per heavy atom. The van der Waals surface area contributed by atoms with Crippen molar-refractivity contribution in [2.75, 3.05) is 6.61 Å². The minimum absolute atomic E-state index is 0.207. The first-order valence-electron chi connectivity index (χ1n) is 11.3. The maximum absolute atomic E-state index is 6.10. The van der Waals surface area contributed by atoms with Crippen LogP contribution in [0.1, 0.15) is 49.2 Å². The highest BCUT2D eigenvalue weighted by atomic mass is 16.5. The number of imidazole rings is 1. The molecule has 4 rings (SSSR count). The van der Waals surface area contributed by atoms with Crippen LogP contribution in [-0.2, 0) is 13.0 Å². The van der Waals surface area contributed by atoms with E-state index in [9.17, 15) is 0 Å². The van der Waals surface area contributed by atoms with E-state index >= 15 is 0 Å². The highest BCUT2D eigenvalue weighted by Gasteiger charge is 2.18. The van der Waals surface area contributed by atoms with Crippen molar-refractivity contribution in [2.24, 2.45) is 5.92 Å². The van der Waals surface area contributed by atoms with E-state index in [1.165, 1.54) is 11.1 Å². The van der Waals surface area contributed by atoms with Crippen LogP contribution in [0.5, 0.6) is 5.75 Å². The SMILES string of the molecule is Cc1ccccc1OCCn1c([C@@H](C)c2ccc(CC(C)C)cc2)nc2ccccc21. The van der Waals surface area contributed by atoms with Crippen LogP contribution in [0, 0.1) is 12.8 Å². The van der Waals surface area contributed by atoms with E-state index in [0.717, 1.165) is 41.1 Å². The van der Waals surface area contributed by atoms with Crippen LogP contribution < -0.4 is 4.74 Å². The fourth-order valence-electron chi connectivity index (χ4n) is 4.19. The predicted octanol–water partition coefficient (Wildman–Crippen LogP) is 6.77. The average Bonchev–Trinajstić information content (AvgIpc) is 3.13. The van der Waals surface area contributed by atoms with E-state index in [1.54, 1.807) is 0 Å². The standard InChI is InChI=1S/C28H32N2O/c1-20(2)19-23-13-15-24(16-14-23)22(4)28-29-25-10-6-7-11-26(25)30(28)17-18-31-27-12-8-5-9-21(27)3/h5-16,20,22H,17-19H2,1-4H3/t22-/m0/s1. The van der Waals surface area contributed by atoms with Gasteiger partial charge >= 0.3 is 0 Å². The molecule has 4 aromatic rings. The Labute approximate surface area is 185 Å². The lowest BCUT2D eigenvalue weighted by Gasteiger charge is -2.17. The smallest absolute Gasteiger partial charge is 0.122 e. The number of benzene rings is 3. The average molecular weight is 413 g/mol. The zero-order valence-corrected chi connectivity index (χ0v) is 19.0. The quantitative estimate of drug-likeness (QED) is 0.319. The van der Waals surface area contributed by atoms with E-state index in [4.69, 9.17) is 9.72 Å². The lowest BCUT2D eigenvalue weighted by atomic mass is 9.96. The third kappa shape index (κ3) is 4.82. The molecule has 160 valence electrons. The molecule has 0 saturated heterocycles. The number of fused-ring (bicyclic) bond motifs is 1. The molecule has 0 aliphatic rings. The molecule has 1 heterocycles. The number of ether oxygens (including phenoxy) is 1. The van der Waals surface area contributed by atoms with Crippen LogP contribution >= 0.6 is 0 Å². The van der Waals surface area contributed by atoms with Crippen molar-refractivity contribution in [3.8, 4) is 5.75 Å². The van der Waals surface area contributed by atoms with Crippen LogP contribution in [0.4, 0.5) is 0 Å². The molecule has 1 atom stereocenters. The Bertz CT molecular complexity index is 1140. The van der Waals surface area contributed by atoms with Gasteiger partial charge in [0.2, 0.25) is 0 Å². The molecule has 3 aromatic carbocycles. The van der Waals surface area contributed by atoms with Gasteiger partial charge in [-0.1, -0.05) is 75.4 Å². The third-order valence-electron chi connectivity index (χ3n) is 5.86. The lowest BCUT2D eigenvalue weighted by Crippen LogP contribution is -2.14. The summed E-state index contributed by atoms with van der Waals surface area (Å²) in [5, 5.41) is 0. The fourth-order valence-corrected chi connectivity index (χ4v) is 4.19. The first kappa shape index (κ1) is 21.2. The third-order valence-corrected chi connectivity index (χ3v) is 5.86. The molecule has 0 unspecified atom stereocenters. The Morgan fingerprint density at radius 2 is 1.58 bits per heavy atom. The summed E-state index contributed by atoms with van der Waals surface area (Å²) in [5.74, 6) is 2.91. The molecule has 0 radical (unpaired) electrons. The molecule has 0 spiro atoms. The van der Waals surface area contributed by atoms with Gasteiger partial charge < -0.3 is 9.30 Å². The summed E-state index contributed by atoms with van der Waals surface area (Å²) in [5.41, 5.74) is 6.05. The summed E-state index contributed by atoms with van der Waals surface area (Å²) in [7, 11) is 0. The minimum Gasteiger partial charge on any atom is -0.491 e. The number of aromatic nitrogens is 2. The van der Waals surface area contributed by atoms with Gasteiger partial charge in [-0.05, 0) is 54.2 Å². The molecule has 3 nitrogen and oxygen atoms in total. The molecular weight excluding hydrogens is 380 g/mol. The summed E-state index contributed by atoms with van der Waals surface area (Å²) < 4.78 is 8.42. The van der Waals surface area contributed by atoms with Crippen molar-refractivity contribution in [3.05, 3.63) is 95.3 Å². The van der Waals surface area contributed by atoms with Crippen molar-refractivity contribution in [3.63, 3.8) is 0 Å². The normalized spacial score (nSPS) is 12.4. The Kier molecular flexibility index (Phi) is 6.41. The second-order valence-electron chi connectivity index (χ2n) is 8.79. The summed E-state index contributed by atoms with van der Waals surface area (Å²) in [4.78, 5) is 5.01. The largest absolute Gasteiger partial charge is 0.491 e. The molecule has 3 heteroatoms. The monoisotopic (exact) mass is 412 g/mol.